The van der Waals surface area contributed by atoms with Crippen molar-refractivity contribution in [2.75, 3.05) is 38.2 Å². The first-order valence-electron chi connectivity index (χ1n) is 8.26. The van der Waals surface area contributed by atoms with Crippen LogP contribution in [-0.4, -0.2) is 76.4 Å². The van der Waals surface area contributed by atoms with Gasteiger partial charge >= 0.3 is 7.12 Å². The van der Waals surface area contributed by atoms with E-state index >= 15 is 0 Å². The smallest absolute Gasteiger partial charge is 0.422 e. The molecule has 26 heavy (non-hydrogen) atoms. The fraction of sp³-hybridized carbons (Fsp3) is 0.467. The Hall–Kier alpha value is -2.50. The molecule has 0 radical (unpaired) electrons. The molecular formula is C15H20BN5O5. The van der Waals surface area contributed by atoms with Crippen LogP contribution in [0, 0.1) is 5.92 Å². The summed E-state index contributed by atoms with van der Waals surface area (Å²) >= 11 is 0. The highest BCUT2D eigenvalue weighted by Gasteiger charge is 2.25. The number of nitrogens with one attached hydrogen (secondary N) is 1. The second-order valence-electron chi connectivity index (χ2n) is 6.04. The third-order valence-electron chi connectivity index (χ3n) is 4.19. The van der Waals surface area contributed by atoms with E-state index < -0.39 is 12.7 Å². The van der Waals surface area contributed by atoms with E-state index in [4.69, 9.17) is 4.74 Å². The van der Waals surface area contributed by atoms with Crippen LogP contribution >= 0.6 is 0 Å². The molecule has 11 heteroatoms. The summed E-state index contributed by atoms with van der Waals surface area (Å²) in [6.45, 7) is 2.52. The number of aryl methyl sites for hydroxylation is 1. The first kappa shape index (κ1) is 18.3. The molecule has 0 aliphatic carbocycles. The number of amides is 1. The van der Waals surface area contributed by atoms with E-state index in [9.17, 15) is 19.6 Å². The first-order chi connectivity index (χ1) is 12.5. The van der Waals surface area contributed by atoms with Crippen molar-refractivity contribution in [2.24, 2.45) is 18.0 Å². The van der Waals surface area contributed by atoms with Crippen LogP contribution in [0.3, 0.4) is 0 Å². The predicted octanol–water partition coefficient (Wildman–Crippen LogP) is -2.68. The summed E-state index contributed by atoms with van der Waals surface area (Å²) in [7, 11) is -0.378. The predicted molar refractivity (Wildman–Crippen MR) is 95.3 cm³/mol. The van der Waals surface area contributed by atoms with E-state index in [-0.39, 0.29) is 29.7 Å². The monoisotopic (exact) mass is 361 g/mol. The van der Waals surface area contributed by atoms with E-state index in [0.29, 0.717) is 32.1 Å². The van der Waals surface area contributed by atoms with Gasteiger partial charge in [0.25, 0.3) is 5.56 Å². The zero-order valence-corrected chi connectivity index (χ0v) is 14.3. The minimum absolute atomic E-state index is 0.0119. The minimum atomic E-state index is -1.79. The van der Waals surface area contributed by atoms with Gasteiger partial charge in [0.1, 0.15) is 11.5 Å². The standard InChI is InChI=1S/C15H20BN5O5/c1-20-15(23)11(8-12(19-20)16(24)25)18-13-3-2-10(9-17-13)14(22)21-4-6-26-7-5-21/h2-3,8,10,24-25H,4-7,9H2,1H3,(H,17,18). The molecule has 1 unspecified atom stereocenters. The highest BCUT2D eigenvalue weighted by Crippen LogP contribution is 2.13. The number of morpholine rings is 1. The van der Waals surface area contributed by atoms with Crippen molar-refractivity contribution >= 4 is 30.1 Å². The number of rotatable bonds is 3. The number of amidine groups is 1. The zero-order chi connectivity index (χ0) is 18.7. The zero-order valence-electron chi connectivity index (χ0n) is 14.3. The van der Waals surface area contributed by atoms with Gasteiger partial charge in [0.2, 0.25) is 5.91 Å². The van der Waals surface area contributed by atoms with Crippen LogP contribution in [0.4, 0.5) is 5.69 Å². The summed E-state index contributed by atoms with van der Waals surface area (Å²) in [6.07, 6.45) is 3.39. The molecule has 1 aromatic rings. The maximum atomic E-state index is 12.4. The fourth-order valence-electron chi connectivity index (χ4n) is 2.76. The molecule has 3 N–H and O–H groups in total. The molecule has 3 rings (SSSR count). The molecule has 0 aromatic carbocycles. The lowest BCUT2D eigenvalue weighted by molar-refractivity contribution is -0.137. The molecule has 138 valence electrons. The van der Waals surface area contributed by atoms with Crippen LogP contribution in [-0.2, 0) is 16.6 Å². The lowest BCUT2D eigenvalue weighted by Crippen LogP contribution is -2.44. The van der Waals surface area contributed by atoms with E-state index in [1.165, 1.54) is 13.1 Å². The van der Waals surface area contributed by atoms with Gasteiger partial charge in [0.05, 0.1) is 31.3 Å². The topological polar surface area (TPSA) is 129 Å². The third kappa shape index (κ3) is 4.01. The van der Waals surface area contributed by atoms with Gasteiger partial charge in [-0.3, -0.25) is 14.6 Å². The second-order valence-corrected chi connectivity index (χ2v) is 6.04. The van der Waals surface area contributed by atoms with Gasteiger partial charge in [-0.15, -0.1) is 0 Å². The Kier molecular flexibility index (Phi) is 5.50. The van der Waals surface area contributed by atoms with Crippen molar-refractivity contribution in [3.63, 3.8) is 0 Å². The number of carbonyl (C=O) groups is 1. The maximum absolute atomic E-state index is 12.4. The molecule has 10 nitrogen and oxygen atoms in total. The molecule has 2 aliphatic rings. The Bertz CT molecular complexity index is 800. The van der Waals surface area contributed by atoms with Crippen LogP contribution in [0.2, 0.25) is 0 Å². The molecule has 2 aliphatic heterocycles. The van der Waals surface area contributed by atoms with Crippen molar-refractivity contribution in [1.82, 2.24) is 14.7 Å². The Morgan fingerprint density at radius 1 is 1.38 bits per heavy atom. The quantitative estimate of drug-likeness (QED) is 0.500. The van der Waals surface area contributed by atoms with Crippen molar-refractivity contribution < 1.29 is 19.6 Å². The van der Waals surface area contributed by atoms with E-state index in [1.807, 2.05) is 0 Å². The summed E-state index contributed by atoms with van der Waals surface area (Å²) in [5.74, 6) is 0.0873. The van der Waals surface area contributed by atoms with Crippen LogP contribution in [0.15, 0.2) is 28.0 Å². The van der Waals surface area contributed by atoms with Crippen LogP contribution in [0.25, 0.3) is 0 Å². The van der Waals surface area contributed by atoms with E-state index in [0.717, 1.165) is 4.68 Å². The summed E-state index contributed by atoms with van der Waals surface area (Å²) in [5.41, 5.74) is -0.376. The molecule has 0 bridgehead atoms. The summed E-state index contributed by atoms with van der Waals surface area (Å²) in [6, 6.07) is 1.26. The van der Waals surface area contributed by atoms with Gasteiger partial charge in [-0.05, 0) is 12.1 Å². The lowest BCUT2D eigenvalue weighted by atomic mass is 9.86. The number of aromatic nitrogens is 2. The van der Waals surface area contributed by atoms with Crippen molar-refractivity contribution in [1.29, 1.82) is 0 Å². The molecule has 0 saturated carbocycles. The molecule has 1 aromatic heterocycles. The minimum Gasteiger partial charge on any atom is -0.422 e. The first-order valence-corrected chi connectivity index (χ1v) is 8.26. The number of hydrogen-bond donors (Lipinski definition) is 3. The van der Waals surface area contributed by atoms with Gasteiger partial charge in [-0.2, -0.15) is 5.10 Å². The normalized spacial score (nSPS) is 19.9. The van der Waals surface area contributed by atoms with Crippen LogP contribution in [0.5, 0.6) is 0 Å². The average Bonchev–Trinajstić information content (AvgIpc) is 2.66. The summed E-state index contributed by atoms with van der Waals surface area (Å²) in [4.78, 5) is 30.6. The van der Waals surface area contributed by atoms with E-state index in [1.54, 1.807) is 17.1 Å². The maximum Gasteiger partial charge on any atom is 0.510 e. The summed E-state index contributed by atoms with van der Waals surface area (Å²) < 4.78 is 6.26. The Balaban J connectivity index is 1.68. The third-order valence-corrected chi connectivity index (χ3v) is 4.19. The number of anilines is 1. The van der Waals surface area contributed by atoms with Gasteiger partial charge < -0.3 is 25.0 Å². The Morgan fingerprint density at radius 3 is 2.73 bits per heavy atom. The molecule has 1 atom stereocenters. The number of aliphatic imine (C=N–C) groups is 1. The fourth-order valence-corrected chi connectivity index (χ4v) is 2.76. The number of hydrogen-bond acceptors (Lipinski definition) is 8. The number of ether oxygens (including phenoxy) is 1. The van der Waals surface area contributed by atoms with Crippen LogP contribution in [0.1, 0.15) is 0 Å². The average molecular weight is 361 g/mol. The highest BCUT2D eigenvalue weighted by atomic mass is 16.5. The second kappa shape index (κ2) is 7.81. The lowest BCUT2D eigenvalue weighted by Gasteiger charge is -2.29. The number of carbonyl (C=O) groups excluding carboxylic acids is 1. The SMILES string of the molecule is Cn1nc(B(O)O)cc(NC2=NCC(C(=O)N3CCOCC3)C=C2)c1=O. The molecule has 1 fully saturated rings. The largest absolute Gasteiger partial charge is 0.510 e. The van der Waals surface area contributed by atoms with Crippen LogP contribution < -0.4 is 16.5 Å². The van der Waals surface area contributed by atoms with Gasteiger partial charge in [0, 0.05) is 20.1 Å². The number of dihydropyridines is 1. The number of nitrogens with zero attached hydrogens (tertiary/aromatic N) is 4. The highest BCUT2D eigenvalue weighted by molar-refractivity contribution is 6.57. The molecule has 1 amide bonds. The van der Waals surface area contributed by atoms with Crippen molar-refractivity contribution in [2.45, 2.75) is 0 Å². The van der Waals surface area contributed by atoms with E-state index in [2.05, 4.69) is 15.4 Å². The van der Waals surface area contributed by atoms with Gasteiger partial charge in [-0.25, -0.2) is 4.68 Å². The molecular weight excluding hydrogens is 341 g/mol. The molecule has 0 spiro atoms. The summed E-state index contributed by atoms with van der Waals surface area (Å²) in [5, 5.41) is 25.1. The van der Waals surface area contributed by atoms with Crippen molar-refractivity contribution in [3.8, 4) is 0 Å². The Morgan fingerprint density at radius 2 is 2.12 bits per heavy atom. The Labute approximate surface area is 149 Å². The molecule has 3 heterocycles. The van der Waals surface area contributed by atoms with Gasteiger partial charge in [0.15, 0.2) is 0 Å². The molecule has 1 saturated heterocycles. The van der Waals surface area contributed by atoms with Crippen molar-refractivity contribution in [3.05, 3.63) is 28.6 Å². The van der Waals surface area contributed by atoms with Gasteiger partial charge in [-0.1, -0.05) is 6.08 Å².